The summed E-state index contributed by atoms with van der Waals surface area (Å²) in [4.78, 5) is 2.14. The van der Waals surface area contributed by atoms with Crippen molar-refractivity contribution in [3.05, 3.63) is 90.0 Å². The standard InChI is InChI=1S/C28H28ClN3O4S2/c29-25-11-5-6-12-26(25)30-38(35,36)24-15-16-28(32-17-7-1-2-8-18-32)27(20-24)31-37(33,34)23-14-13-21-9-3-4-10-22(21)19-23/h3-6,9-16,19-20,30-31H,1-2,7-8,17-18H2. The number of nitrogens with zero attached hydrogens (tertiary/aromatic N) is 1. The predicted molar refractivity (Wildman–Crippen MR) is 154 cm³/mol. The van der Waals surface area contributed by atoms with Crippen molar-refractivity contribution in [1.82, 2.24) is 0 Å². The molecule has 0 aromatic heterocycles. The lowest BCUT2D eigenvalue weighted by molar-refractivity contribution is 0.598. The number of nitrogens with one attached hydrogen (secondary N) is 2. The van der Waals surface area contributed by atoms with Crippen molar-refractivity contribution >= 4 is 59.5 Å². The molecule has 1 aliphatic heterocycles. The first-order valence-corrected chi connectivity index (χ1v) is 15.8. The minimum Gasteiger partial charge on any atom is -0.370 e. The van der Waals surface area contributed by atoms with E-state index in [0.29, 0.717) is 5.69 Å². The number of halogens is 1. The van der Waals surface area contributed by atoms with E-state index < -0.39 is 20.0 Å². The summed E-state index contributed by atoms with van der Waals surface area (Å²) in [6, 6.07) is 23.5. The molecule has 5 rings (SSSR count). The number of para-hydroxylation sites is 1. The Kier molecular flexibility index (Phi) is 7.52. The molecular formula is C28H28ClN3O4S2. The van der Waals surface area contributed by atoms with Crippen LogP contribution in [-0.2, 0) is 20.0 Å². The molecule has 198 valence electrons. The Morgan fingerprint density at radius 1 is 0.605 bits per heavy atom. The van der Waals surface area contributed by atoms with Gasteiger partial charge < -0.3 is 4.90 Å². The van der Waals surface area contributed by atoms with Crippen LogP contribution in [0.1, 0.15) is 25.7 Å². The third-order valence-corrected chi connectivity index (χ3v) is 9.67. The maximum Gasteiger partial charge on any atom is 0.262 e. The fourth-order valence-electron chi connectivity index (χ4n) is 4.64. The molecule has 4 aromatic carbocycles. The largest absolute Gasteiger partial charge is 0.370 e. The summed E-state index contributed by atoms with van der Waals surface area (Å²) >= 11 is 6.16. The van der Waals surface area contributed by atoms with E-state index in [0.717, 1.165) is 49.5 Å². The van der Waals surface area contributed by atoms with Gasteiger partial charge in [0.25, 0.3) is 20.0 Å². The van der Waals surface area contributed by atoms with Gasteiger partial charge in [0.05, 0.1) is 31.9 Å². The molecule has 2 N–H and O–H groups in total. The summed E-state index contributed by atoms with van der Waals surface area (Å²) in [5.41, 5.74) is 1.10. The van der Waals surface area contributed by atoms with Crippen LogP contribution in [0.5, 0.6) is 0 Å². The van der Waals surface area contributed by atoms with Crippen molar-refractivity contribution in [2.24, 2.45) is 0 Å². The molecule has 7 nitrogen and oxygen atoms in total. The average molecular weight is 570 g/mol. The maximum absolute atomic E-state index is 13.5. The molecule has 1 heterocycles. The van der Waals surface area contributed by atoms with Gasteiger partial charge in [-0.15, -0.1) is 0 Å². The molecule has 4 aromatic rings. The van der Waals surface area contributed by atoms with Gasteiger partial charge in [-0.05, 0) is 66.1 Å². The normalized spacial score (nSPS) is 14.7. The molecule has 0 bridgehead atoms. The predicted octanol–water partition coefficient (Wildman–Crippen LogP) is 6.48. The number of sulfonamides is 2. The van der Waals surface area contributed by atoms with Crippen molar-refractivity contribution in [2.75, 3.05) is 27.4 Å². The first-order chi connectivity index (χ1) is 18.2. The molecule has 0 spiro atoms. The fourth-order valence-corrected chi connectivity index (χ4v) is 7.08. The van der Waals surface area contributed by atoms with E-state index in [9.17, 15) is 16.8 Å². The molecule has 0 aliphatic carbocycles. The zero-order valence-electron chi connectivity index (χ0n) is 20.6. The monoisotopic (exact) mass is 569 g/mol. The second-order valence-electron chi connectivity index (χ2n) is 9.28. The van der Waals surface area contributed by atoms with E-state index in [1.54, 1.807) is 48.5 Å². The van der Waals surface area contributed by atoms with Crippen LogP contribution in [0, 0.1) is 0 Å². The van der Waals surface area contributed by atoms with Gasteiger partial charge in [-0.25, -0.2) is 16.8 Å². The van der Waals surface area contributed by atoms with Crippen molar-refractivity contribution in [2.45, 2.75) is 35.5 Å². The Labute approximate surface area is 228 Å². The van der Waals surface area contributed by atoms with Gasteiger partial charge in [-0.1, -0.05) is 66.9 Å². The van der Waals surface area contributed by atoms with Gasteiger partial charge in [-0.2, -0.15) is 0 Å². The van der Waals surface area contributed by atoms with Crippen LogP contribution in [-0.4, -0.2) is 29.9 Å². The first kappa shape index (κ1) is 26.3. The summed E-state index contributed by atoms with van der Waals surface area (Å²) in [6.07, 6.45) is 4.15. The molecular weight excluding hydrogens is 542 g/mol. The van der Waals surface area contributed by atoms with Gasteiger partial charge in [-0.3, -0.25) is 9.44 Å². The van der Waals surface area contributed by atoms with E-state index in [2.05, 4.69) is 14.3 Å². The molecule has 1 fully saturated rings. The summed E-state index contributed by atoms with van der Waals surface area (Å²) in [6.45, 7) is 1.52. The van der Waals surface area contributed by atoms with Gasteiger partial charge in [0, 0.05) is 13.1 Å². The number of benzene rings is 4. The highest BCUT2D eigenvalue weighted by Crippen LogP contribution is 2.34. The van der Waals surface area contributed by atoms with Crippen LogP contribution in [0.15, 0.2) is 94.7 Å². The lowest BCUT2D eigenvalue weighted by atomic mass is 10.1. The van der Waals surface area contributed by atoms with Gasteiger partial charge >= 0.3 is 0 Å². The molecule has 0 amide bonds. The van der Waals surface area contributed by atoms with Crippen molar-refractivity contribution < 1.29 is 16.8 Å². The van der Waals surface area contributed by atoms with Gasteiger partial charge in [0.1, 0.15) is 0 Å². The number of anilines is 3. The summed E-state index contributed by atoms with van der Waals surface area (Å²) in [7, 11) is -8.07. The molecule has 0 atom stereocenters. The second-order valence-corrected chi connectivity index (χ2v) is 13.1. The van der Waals surface area contributed by atoms with Crippen LogP contribution >= 0.6 is 11.6 Å². The highest BCUT2D eigenvalue weighted by molar-refractivity contribution is 7.93. The Balaban J connectivity index is 1.55. The minimum absolute atomic E-state index is 0.0767. The SMILES string of the molecule is O=S(=O)(Nc1ccccc1Cl)c1ccc(N2CCCCCC2)c(NS(=O)(=O)c2ccc3ccccc3c2)c1. The van der Waals surface area contributed by atoms with E-state index in [-0.39, 0.29) is 26.2 Å². The zero-order valence-corrected chi connectivity index (χ0v) is 23.0. The van der Waals surface area contributed by atoms with Crippen molar-refractivity contribution in [1.29, 1.82) is 0 Å². The third-order valence-electron chi connectivity index (χ3n) is 6.62. The van der Waals surface area contributed by atoms with E-state index >= 15 is 0 Å². The summed E-state index contributed by atoms with van der Waals surface area (Å²) in [5.74, 6) is 0. The average Bonchev–Trinajstić information content (AvgIpc) is 3.19. The number of rotatable bonds is 7. The molecule has 0 saturated carbocycles. The van der Waals surface area contributed by atoms with E-state index in [4.69, 9.17) is 11.6 Å². The Hall–Kier alpha value is -3.27. The fraction of sp³-hybridized carbons (Fsp3) is 0.214. The highest BCUT2D eigenvalue weighted by Gasteiger charge is 2.24. The Morgan fingerprint density at radius 2 is 1.18 bits per heavy atom. The Morgan fingerprint density at radius 3 is 1.89 bits per heavy atom. The quantitative estimate of drug-likeness (QED) is 0.266. The Bertz CT molecular complexity index is 1680. The summed E-state index contributed by atoms with van der Waals surface area (Å²) < 4.78 is 58.8. The van der Waals surface area contributed by atoms with Crippen molar-refractivity contribution in [3.8, 4) is 0 Å². The lowest BCUT2D eigenvalue weighted by Gasteiger charge is -2.26. The van der Waals surface area contributed by atoms with E-state index in [1.165, 1.54) is 12.1 Å². The molecule has 10 heteroatoms. The minimum atomic E-state index is -4.05. The zero-order chi connectivity index (χ0) is 26.8. The maximum atomic E-state index is 13.5. The second kappa shape index (κ2) is 10.8. The van der Waals surface area contributed by atoms with Crippen LogP contribution < -0.4 is 14.3 Å². The topological polar surface area (TPSA) is 95.6 Å². The van der Waals surface area contributed by atoms with Crippen LogP contribution in [0.2, 0.25) is 5.02 Å². The molecule has 0 unspecified atom stereocenters. The number of hydrogen-bond donors (Lipinski definition) is 2. The lowest BCUT2D eigenvalue weighted by Crippen LogP contribution is -2.26. The van der Waals surface area contributed by atoms with Crippen LogP contribution in [0.3, 0.4) is 0 Å². The van der Waals surface area contributed by atoms with E-state index in [1.807, 2.05) is 24.3 Å². The van der Waals surface area contributed by atoms with Crippen LogP contribution in [0.4, 0.5) is 17.1 Å². The molecule has 38 heavy (non-hydrogen) atoms. The summed E-state index contributed by atoms with van der Waals surface area (Å²) in [5, 5.41) is 1.98. The molecule has 1 saturated heterocycles. The molecule has 0 radical (unpaired) electrons. The third kappa shape index (κ3) is 5.75. The number of fused-ring (bicyclic) bond motifs is 1. The number of hydrogen-bond acceptors (Lipinski definition) is 5. The van der Waals surface area contributed by atoms with Crippen molar-refractivity contribution in [3.63, 3.8) is 0 Å². The van der Waals surface area contributed by atoms with Crippen LogP contribution in [0.25, 0.3) is 10.8 Å². The molecule has 1 aliphatic rings. The van der Waals surface area contributed by atoms with Gasteiger partial charge in [0.2, 0.25) is 0 Å². The smallest absolute Gasteiger partial charge is 0.262 e. The van der Waals surface area contributed by atoms with Gasteiger partial charge in [0.15, 0.2) is 0 Å². The first-order valence-electron chi connectivity index (χ1n) is 12.4. The highest BCUT2D eigenvalue weighted by atomic mass is 35.5.